The van der Waals surface area contributed by atoms with Crippen LogP contribution in [0.5, 0.6) is 0 Å². The maximum Gasteiger partial charge on any atom is 0.229 e. The van der Waals surface area contributed by atoms with Crippen LogP contribution in [0.4, 0.5) is 11.4 Å². The second-order valence-electron chi connectivity index (χ2n) is 4.90. The van der Waals surface area contributed by atoms with Crippen LogP contribution in [0.1, 0.15) is 18.2 Å². The van der Waals surface area contributed by atoms with Crippen LogP contribution in [0.2, 0.25) is 0 Å². The molecule has 0 atom stereocenters. The van der Waals surface area contributed by atoms with Crippen molar-refractivity contribution in [3.8, 4) is 0 Å². The summed E-state index contributed by atoms with van der Waals surface area (Å²) in [6.07, 6.45) is 3.97. The maximum absolute atomic E-state index is 11.4. The number of anilines is 2. The fourth-order valence-electron chi connectivity index (χ4n) is 2.15. The van der Waals surface area contributed by atoms with E-state index in [1.54, 1.807) is 16.8 Å². The lowest BCUT2D eigenvalue weighted by atomic mass is 10.2. The van der Waals surface area contributed by atoms with Gasteiger partial charge in [-0.25, -0.2) is 8.42 Å². The van der Waals surface area contributed by atoms with Gasteiger partial charge in [-0.15, -0.1) is 0 Å². The molecule has 1 aromatic heterocycles. The zero-order valence-electron chi connectivity index (χ0n) is 12.4. The molecule has 0 unspecified atom stereocenters. The Hall–Kier alpha value is -2.02. The van der Waals surface area contributed by atoms with E-state index >= 15 is 0 Å². The Morgan fingerprint density at radius 2 is 1.90 bits per heavy atom. The molecule has 2 aromatic rings. The average molecular weight is 308 g/mol. The number of aryl methyl sites for hydroxylation is 2. The fraction of sp³-hybridized carbons (Fsp3) is 0.357. The van der Waals surface area contributed by atoms with E-state index in [-0.39, 0.29) is 0 Å². The first-order chi connectivity index (χ1) is 9.89. The molecule has 0 amide bonds. The molecule has 2 N–H and O–H groups in total. The Labute approximate surface area is 125 Å². The van der Waals surface area contributed by atoms with Crippen molar-refractivity contribution in [1.82, 2.24) is 9.78 Å². The molecule has 0 aliphatic carbocycles. The Bertz CT molecular complexity index is 722. The van der Waals surface area contributed by atoms with Crippen molar-refractivity contribution in [1.29, 1.82) is 0 Å². The first-order valence-corrected chi connectivity index (χ1v) is 8.60. The van der Waals surface area contributed by atoms with Gasteiger partial charge in [0.25, 0.3) is 0 Å². The van der Waals surface area contributed by atoms with Crippen LogP contribution < -0.4 is 10.0 Å². The van der Waals surface area contributed by atoms with Gasteiger partial charge in [-0.3, -0.25) is 9.40 Å². The number of benzene rings is 1. The number of para-hydroxylation sites is 2. The topological polar surface area (TPSA) is 76.0 Å². The van der Waals surface area contributed by atoms with Crippen LogP contribution in [-0.2, 0) is 30.0 Å². The van der Waals surface area contributed by atoms with E-state index < -0.39 is 10.0 Å². The van der Waals surface area contributed by atoms with E-state index in [2.05, 4.69) is 22.1 Å². The van der Waals surface area contributed by atoms with Crippen molar-refractivity contribution in [2.45, 2.75) is 19.9 Å². The molecule has 0 bridgehead atoms. The molecule has 21 heavy (non-hydrogen) atoms. The van der Waals surface area contributed by atoms with Crippen LogP contribution >= 0.6 is 0 Å². The molecule has 0 aliphatic rings. The number of nitrogens with zero attached hydrogens (tertiary/aromatic N) is 2. The normalized spacial score (nSPS) is 11.4. The quantitative estimate of drug-likeness (QED) is 0.855. The summed E-state index contributed by atoms with van der Waals surface area (Å²) in [7, 11) is -1.41. The molecular formula is C14H20N4O2S. The molecule has 6 nitrogen and oxygen atoms in total. The van der Waals surface area contributed by atoms with E-state index in [9.17, 15) is 8.42 Å². The highest BCUT2D eigenvalue weighted by atomic mass is 32.2. The van der Waals surface area contributed by atoms with Crippen LogP contribution in [0.25, 0.3) is 0 Å². The highest BCUT2D eigenvalue weighted by Gasteiger charge is 2.09. The molecule has 0 radical (unpaired) electrons. The molecule has 114 valence electrons. The van der Waals surface area contributed by atoms with Crippen molar-refractivity contribution in [2.24, 2.45) is 7.05 Å². The maximum atomic E-state index is 11.4. The van der Waals surface area contributed by atoms with Gasteiger partial charge in [-0.2, -0.15) is 5.10 Å². The van der Waals surface area contributed by atoms with E-state index in [0.717, 1.165) is 29.6 Å². The number of aromatic nitrogens is 2. The molecule has 1 heterocycles. The predicted octanol–water partition coefficient (Wildman–Crippen LogP) is 1.97. The molecule has 0 saturated carbocycles. The third-order valence-electron chi connectivity index (χ3n) is 3.02. The molecule has 7 heteroatoms. The Balaban J connectivity index is 2.16. The molecule has 0 spiro atoms. The Kier molecular flexibility index (Phi) is 4.52. The Morgan fingerprint density at radius 3 is 2.52 bits per heavy atom. The number of rotatable bonds is 6. The first-order valence-electron chi connectivity index (χ1n) is 6.71. The minimum absolute atomic E-state index is 0.543. The predicted molar refractivity (Wildman–Crippen MR) is 84.8 cm³/mol. The molecule has 0 fully saturated rings. The number of hydrogen-bond acceptors (Lipinski definition) is 4. The third kappa shape index (κ3) is 4.22. The van der Waals surface area contributed by atoms with Gasteiger partial charge in [0.15, 0.2) is 0 Å². The lowest BCUT2D eigenvalue weighted by molar-refractivity contribution is 0.607. The number of nitrogens with one attached hydrogen (secondary N) is 2. The lowest BCUT2D eigenvalue weighted by Crippen LogP contribution is -2.12. The molecule has 0 aliphatic heterocycles. The molecular weight excluding hydrogens is 288 g/mol. The van der Waals surface area contributed by atoms with E-state index in [4.69, 9.17) is 0 Å². The largest absolute Gasteiger partial charge is 0.379 e. The highest BCUT2D eigenvalue weighted by Crippen LogP contribution is 2.23. The zero-order valence-corrected chi connectivity index (χ0v) is 13.2. The van der Waals surface area contributed by atoms with Gasteiger partial charge < -0.3 is 5.32 Å². The second-order valence-corrected chi connectivity index (χ2v) is 6.65. The summed E-state index contributed by atoms with van der Waals surface area (Å²) in [6, 6.07) is 7.23. The summed E-state index contributed by atoms with van der Waals surface area (Å²) >= 11 is 0. The minimum Gasteiger partial charge on any atom is -0.379 e. The van der Waals surface area contributed by atoms with Crippen molar-refractivity contribution >= 4 is 21.4 Å². The van der Waals surface area contributed by atoms with E-state index in [1.807, 2.05) is 25.4 Å². The van der Waals surface area contributed by atoms with E-state index in [1.165, 1.54) is 0 Å². The third-order valence-corrected chi connectivity index (χ3v) is 3.61. The average Bonchev–Trinajstić information content (AvgIpc) is 2.76. The number of hydrogen-bond donors (Lipinski definition) is 2. The zero-order chi connectivity index (χ0) is 15.5. The van der Waals surface area contributed by atoms with Gasteiger partial charge in [-0.1, -0.05) is 19.1 Å². The van der Waals surface area contributed by atoms with Gasteiger partial charge in [0, 0.05) is 25.4 Å². The minimum atomic E-state index is -3.30. The van der Waals surface area contributed by atoms with Crippen molar-refractivity contribution in [3.63, 3.8) is 0 Å². The van der Waals surface area contributed by atoms with Crippen LogP contribution in [0.15, 0.2) is 30.5 Å². The summed E-state index contributed by atoms with van der Waals surface area (Å²) in [5, 5.41) is 7.65. The summed E-state index contributed by atoms with van der Waals surface area (Å²) in [4.78, 5) is 0. The molecule has 1 aromatic carbocycles. The van der Waals surface area contributed by atoms with Crippen LogP contribution in [0, 0.1) is 0 Å². The Morgan fingerprint density at radius 1 is 1.24 bits per heavy atom. The van der Waals surface area contributed by atoms with Gasteiger partial charge in [0.1, 0.15) is 0 Å². The van der Waals surface area contributed by atoms with Gasteiger partial charge in [0.05, 0.1) is 23.3 Å². The van der Waals surface area contributed by atoms with Crippen LogP contribution in [-0.4, -0.2) is 24.5 Å². The summed E-state index contributed by atoms with van der Waals surface area (Å²) in [6.45, 7) is 2.66. The van der Waals surface area contributed by atoms with Gasteiger partial charge in [-0.05, 0) is 18.6 Å². The fourth-order valence-corrected chi connectivity index (χ4v) is 2.72. The smallest absolute Gasteiger partial charge is 0.229 e. The second kappa shape index (κ2) is 6.17. The lowest BCUT2D eigenvalue weighted by Gasteiger charge is -2.12. The summed E-state index contributed by atoms with van der Waals surface area (Å²) in [5.41, 5.74) is 3.43. The van der Waals surface area contributed by atoms with Crippen molar-refractivity contribution in [2.75, 3.05) is 16.3 Å². The molecule has 2 rings (SSSR count). The number of sulfonamides is 1. The monoisotopic (exact) mass is 308 g/mol. The SMILES string of the molecule is CCc1nn(C)cc1CNc1ccccc1NS(C)(=O)=O. The molecule has 0 saturated heterocycles. The summed E-state index contributed by atoms with van der Waals surface area (Å²) in [5.74, 6) is 0. The van der Waals surface area contributed by atoms with Crippen molar-refractivity contribution < 1.29 is 8.42 Å². The first kappa shape index (κ1) is 15.4. The summed E-state index contributed by atoms with van der Waals surface area (Å²) < 4.78 is 27.1. The highest BCUT2D eigenvalue weighted by molar-refractivity contribution is 7.92. The van der Waals surface area contributed by atoms with Crippen LogP contribution in [0.3, 0.4) is 0 Å². The standard InChI is InChI=1S/C14H20N4O2S/c1-4-12-11(10-18(2)16-12)9-15-13-7-5-6-8-14(13)17-21(3,19)20/h5-8,10,15,17H,4,9H2,1-3H3. The van der Waals surface area contributed by atoms with E-state index in [0.29, 0.717) is 12.2 Å². The van der Waals surface area contributed by atoms with Gasteiger partial charge >= 0.3 is 0 Å². The van der Waals surface area contributed by atoms with Crippen molar-refractivity contribution in [3.05, 3.63) is 41.7 Å². The van der Waals surface area contributed by atoms with Gasteiger partial charge in [0.2, 0.25) is 10.0 Å².